The summed E-state index contributed by atoms with van der Waals surface area (Å²) in [5.74, 6) is 2.01. The molecule has 6 rings (SSSR count). The minimum Gasteiger partial charge on any atom is -0.393 e. The molecule has 218 valence electrons. The van der Waals surface area contributed by atoms with Crippen molar-refractivity contribution in [1.82, 2.24) is 9.97 Å². The van der Waals surface area contributed by atoms with Gasteiger partial charge in [-0.1, -0.05) is 48.5 Å². The van der Waals surface area contributed by atoms with E-state index in [1.54, 1.807) is 12.3 Å². The predicted octanol–water partition coefficient (Wildman–Crippen LogP) is 6.76. The second kappa shape index (κ2) is 8.96. The Kier molecular flexibility index (Phi) is 6.28. The van der Waals surface area contributed by atoms with E-state index in [1.807, 2.05) is 0 Å². The molecule has 5 aliphatic rings. The van der Waals surface area contributed by atoms with Crippen LogP contribution < -0.4 is 5.32 Å². The third-order valence-electron chi connectivity index (χ3n) is 13.7. The van der Waals surface area contributed by atoms with Crippen LogP contribution in [-0.2, 0) is 9.59 Å². The first-order valence-electron chi connectivity index (χ1n) is 15.8. The zero-order chi connectivity index (χ0) is 28.9. The van der Waals surface area contributed by atoms with Crippen LogP contribution in [-0.4, -0.2) is 32.9 Å². The van der Waals surface area contributed by atoms with E-state index in [4.69, 9.17) is 0 Å². The van der Waals surface area contributed by atoms with Gasteiger partial charge in [-0.05, 0) is 114 Å². The normalized spacial score (nSPS) is 44.0. The molecule has 1 aromatic heterocycles. The molecule has 6 heteroatoms. The number of anilines is 1. The van der Waals surface area contributed by atoms with Gasteiger partial charge in [0.25, 0.3) is 0 Å². The van der Waals surface area contributed by atoms with Gasteiger partial charge < -0.3 is 10.4 Å². The molecule has 4 fully saturated rings. The van der Waals surface area contributed by atoms with E-state index in [0.717, 1.165) is 50.5 Å². The fourth-order valence-corrected chi connectivity index (χ4v) is 11.5. The van der Waals surface area contributed by atoms with Crippen LogP contribution in [0.2, 0.25) is 0 Å². The lowest BCUT2D eigenvalue weighted by Gasteiger charge is -2.72. The molecule has 0 aromatic carbocycles. The Morgan fingerprint density at radius 2 is 1.73 bits per heavy atom. The van der Waals surface area contributed by atoms with Gasteiger partial charge in [-0.25, -0.2) is 9.97 Å². The first-order chi connectivity index (χ1) is 18.7. The summed E-state index contributed by atoms with van der Waals surface area (Å²) in [4.78, 5) is 36.2. The molecule has 6 nitrogen and oxygen atoms in total. The smallest absolute Gasteiger partial charge is 0.236 e. The number of amides is 1. The summed E-state index contributed by atoms with van der Waals surface area (Å²) in [6.07, 6.45) is 11.2. The number of carbonyl (C=O) groups excluding carboxylic acids is 2. The maximum atomic E-state index is 14.2. The summed E-state index contributed by atoms with van der Waals surface area (Å²) in [6.45, 7) is 16.5. The van der Waals surface area contributed by atoms with Crippen molar-refractivity contribution < 1.29 is 14.7 Å². The maximum Gasteiger partial charge on any atom is 0.236 e. The largest absolute Gasteiger partial charge is 0.393 e. The van der Waals surface area contributed by atoms with Crippen LogP contribution in [0.1, 0.15) is 106 Å². The zero-order valence-electron chi connectivity index (χ0n) is 25.6. The second-order valence-corrected chi connectivity index (χ2v) is 15.7. The molecule has 0 bridgehead atoms. The quantitative estimate of drug-likeness (QED) is 0.436. The van der Waals surface area contributed by atoms with E-state index in [2.05, 4.69) is 63.8 Å². The predicted molar refractivity (Wildman–Crippen MR) is 156 cm³/mol. The van der Waals surface area contributed by atoms with Crippen LogP contribution in [0.4, 0.5) is 5.82 Å². The molecule has 1 amide bonds. The van der Waals surface area contributed by atoms with Crippen molar-refractivity contribution in [3.05, 3.63) is 29.7 Å². The molecule has 1 aromatic rings. The Hall–Kier alpha value is -2.08. The average molecular weight is 548 g/mol. The van der Waals surface area contributed by atoms with Crippen molar-refractivity contribution in [1.29, 1.82) is 0 Å². The van der Waals surface area contributed by atoms with Crippen molar-refractivity contribution in [2.24, 2.45) is 50.7 Å². The molecule has 2 N–H and O–H groups in total. The van der Waals surface area contributed by atoms with E-state index >= 15 is 0 Å². The number of hydrogen-bond donors (Lipinski definition) is 2. The van der Waals surface area contributed by atoms with Gasteiger partial charge in [-0.2, -0.15) is 0 Å². The number of carbonyl (C=O) groups is 2. The van der Waals surface area contributed by atoms with E-state index in [-0.39, 0.29) is 57.7 Å². The SMILES string of the molecule is CC(C)C1=C2[C@H]3CCC4[C@@]5(C)CC[C@H](O)C(C)(C)C5CC[C@@]4(C)[C@]3(C)CC[C@@]2(C(=O)Nc2ccncn2)CC1=O. The van der Waals surface area contributed by atoms with Crippen LogP contribution in [0.3, 0.4) is 0 Å². The molecule has 5 aliphatic carbocycles. The zero-order valence-corrected chi connectivity index (χ0v) is 25.6. The van der Waals surface area contributed by atoms with Gasteiger partial charge >= 0.3 is 0 Å². The average Bonchev–Trinajstić information content (AvgIpc) is 3.21. The number of aromatic nitrogens is 2. The van der Waals surface area contributed by atoms with Crippen LogP contribution in [0.25, 0.3) is 0 Å². The summed E-state index contributed by atoms with van der Waals surface area (Å²) in [5.41, 5.74) is 1.57. The Bertz CT molecular complexity index is 1260. The van der Waals surface area contributed by atoms with Gasteiger partial charge in [0.1, 0.15) is 12.1 Å². The lowest BCUT2D eigenvalue weighted by Crippen LogP contribution is -2.66. The number of allylic oxidation sites excluding steroid dienone is 1. The molecule has 2 unspecified atom stereocenters. The van der Waals surface area contributed by atoms with E-state index < -0.39 is 5.41 Å². The second-order valence-electron chi connectivity index (χ2n) is 15.7. The number of aliphatic hydroxyl groups is 1. The lowest BCUT2D eigenvalue weighted by molar-refractivity contribution is -0.228. The summed E-state index contributed by atoms with van der Waals surface area (Å²) < 4.78 is 0. The van der Waals surface area contributed by atoms with Crippen molar-refractivity contribution in [3.8, 4) is 0 Å². The third kappa shape index (κ3) is 3.50. The number of fused-ring (bicyclic) bond motifs is 7. The molecule has 0 spiro atoms. The minimum absolute atomic E-state index is 0.0168. The van der Waals surface area contributed by atoms with Crippen LogP contribution in [0, 0.1) is 50.7 Å². The highest BCUT2D eigenvalue weighted by molar-refractivity contribution is 6.09. The molecular weight excluding hydrogens is 498 g/mol. The van der Waals surface area contributed by atoms with Crippen LogP contribution in [0.5, 0.6) is 0 Å². The fourth-order valence-electron chi connectivity index (χ4n) is 11.5. The Labute approximate surface area is 240 Å². The van der Waals surface area contributed by atoms with Gasteiger partial charge in [0.2, 0.25) is 5.91 Å². The molecule has 1 heterocycles. The van der Waals surface area contributed by atoms with E-state index in [1.165, 1.54) is 11.9 Å². The summed E-state index contributed by atoms with van der Waals surface area (Å²) >= 11 is 0. The molecule has 8 atom stereocenters. The first-order valence-corrected chi connectivity index (χ1v) is 15.8. The van der Waals surface area contributed by atoms with Gasteiger partial charge in [-0.15, -0.1) is 0 Å². The van der Waals surface area contributed by atoms with Crippen LogP contribution >= 0.6 is 0 Å². The van der Waals surface area contributed by atoms with Crippen molar-refractivity contribution >= 4 is 17.5 Å². The van der Waals surface area contributed by atoms with E-state index in [0.29, 0.717) is 24.1 Å². The number of ketones is 1. The Morgan fingerprint density at radius 1 is 0.975 bits per heavy atom. The molecular formula is C34H49N3O3. The topological polar surface area (TPSA) is 92.2 Å². The Balaban J connectivity index is 1.42. The number of nitrogens with zero attached hydrogens (tertiary/aromatic N) is 2. The summed E-state index contributed by atoms with van der Waals surface area (Å²) in [5, 5.41) is 14.1. The highest BCUT2D eigenvalue weighted by Crippen LogP contribution is 2.76. The molecule has 40 heavy (non-hydrogen) atoms. The number of Topliss-reactive ketones (excluding diaryl/α,β-unsaturated/α-hetero) is 1. The fraction of sp³-hybridized carbons (Fsp3) is 0.765. The standard InChI is InChI=1S/C34H49N3O3/c1-20(2)27-22(38)18-34(29(40)37-26-12-17-35-19-36-26)16-15-32(6)21(28(27)34)8-9-24-31(5)13-11-25(39)30(3,4)23(31)10-14-33(24,32)7/h12,17,19-21,23-25,39H,8-11,13-16,18H2,1-7H3,(H,35,36,37,40)/t21-,23?,24?,25+,31+,32-,33-,34-/m1/s1. The summed E-state index contributed by atoms with van der Waals surface area (Å²) in [6, 6.07) is 1.72. The molecule has 0 saturated heterocycles. The van der Waals surface area contributed by atoms with Gasteiger partial charge in [0, 0.05) is 12.6 Å². The number of rotatable bonds is 3. The van der Waals surface area contributed by atoms with Gasteiger partial charge in [-0.3, -0.25) is 9.59 Å². The summed E-state index contributed by atoms with van der Waals surface area (Å²) in [7, 11) is 0. The van der Waals surface area contributed by atoms with Crippen molar-refractivity contribution in [2.75, 3.05) is 5.32 Å². The number of hydrogen-bond acceptors (Lipinski definition) is 5. The maximum absolute atomic E-state index is 14.2. The van der Waals surface area contributed by atoms with Gasteiger partial charge in [0.15, 0.2) is 5.78 Å². The number of aliphatic hydroxyl groups excluding tert-OH is 1. The minimum atomic E-state index is -0.785. The number of nitrogens with one attached hydrogen (secondary N) is 1. The highest BCUT2D eigenvalue weighted by Gasteiger charge is 2.70. The van der Waals surface area contributed by atoms with Crippen molar-refractivity contribution in [2.45, 2.75) is 112 Å². The third-order valence-corrected chi connectivity index (χ3v) is 13.7. The molecule has 0 radical (unpaired) electrons. The van der Waals surface area contributed by atoms with Crippen molar-refractivity contribution in [3.63, 3.8) is 0 Å². The highest BCUT2D eigenvalue weighted by atomic mass is 16.3. The monoisotopic (exact) mass is 547 g/mol. The molecule has 4 saturated carbocycles. The Morgan fingerprint density at radius 3 is 2.40 bits per heavy atom. The van der Waals surface area contributed by atoms with E-state index in [9.17, 15) is 14.7 Å². The lowest BCUT2D eigenvalue weighted by atomic mass is 9.33. The van der Waals surface area contributed by atoms with Crippen LogP contribution in [0.15, 0.2) is 29.7 Å². The molecule has 0 aliphatic heterocycles. The van der Waals surface area contributed by atoms with Gasteiger partial charge in [0.05, 0.1) is 11.5 Å². The first kappa shape index (κ1) is 28.1.